The van der Waals surface area contributed by atoms with Crippen LogP contribution in [-0.4, -0.2) is 15.9 Å². The van der Waals surface area contributed by atoms with Crippen molar-refractivity contribution in [2.24, 2.45) is 4.99 Å². The van der Waals surface area contributed by atoms with Crippen molar-refractivity contribution >= 4 is 35.1 Å². The highest BCUT2D eigenvalue weighted by Gasteiger charge is 2.28. The predicted molar refractivity (Wildman–Crippen MR) is 105 cm³/mol. The van der Waals surface area contributed by atoms with Crippen LogP contribution in [-0.2, 0) is 25.8 Å². The van der Waals surface area contributed by atoms with Gasteiger partial charge in [0.25, 0.3) is 0 Å². The number of hydrogen-bond donors (Lipinski definition) is 1. The van der Waals surface area contributed by atoms with Crippen molar-refractivity contribution in [2.75, 3.05) is 0 Å². The van der Waals surface area contributed by atoms with E-state index in [0.717, 1.165) is 0 Å². The number of aliphatic hydroxyl groups is 1. The van der Waals surface area contributed by atoms with E-state index in [4.69, 9.17) is 28.6 Å². The van der Waals surface area contributed by atoms with Gasteiger partial charge in [0.1, 0.15) is 5.76 Å². The fourth-order valence-corrected chi connectivity index (χ4v) is 3.01. The van der Waals surface area contributed by atoms with Crippen LogP contribution in [0.1, 0.15) is 27.7 Å². The van der Waals surface area contributed by atoms with E-state index in [0.29, 0.717) is 21.9 Å². The molecule has 138 valence electrons. The van der Waals surface area contributed by atoms with Gasteiger partial charge >= 0.3 is 0 Å². The molecule has 3 aromatic rings. The van der Waals surface area contributed by atoms with Gasteiger partial charge in [-0.2, -0.15) is 4.57 Å². The van der Waals surface area contributed by atoms with E-state index >= 15 is 0 Å². The molecule has 5 nitrogen and oxygen atoms in total. The monoisotopic (exact) mass is 400 g/mol. The summed E-state index contributed by atoms with van der Waals surface area (Å²) in [5.74, 6) is 0.448. The SMILES string of the molecule is O=C(c1ccc(Cl)cc1)[C@@H](C([S-])=NCc1ccco1)[n+]1cccc(CO)c1. The molecule has 3 rings (SSSR count). The van der Waals surface area contributed by atoms with E-state index in [9.17, 15) is 9.90 Å². The Balaban J connectivity index is 1.98. The summed E-state index contributed by atoms with van der Waals surface area (Å²) in [6, 6.07) is 12.9. The molecular weight excluding hydrogens is 384 g/mol. The first-order valence-corrected chi connectivity index (χ1v) is 9.01. The van der Waals surface area contributed by atoms with Crippen LogP contribution in [0.2, 0.25) is 5.02 Å². The van der Waals surface area contributed by atoms with Crippen LogP contribution in [0.15, 0.2) is 76.6 Å². The number of pyridine rings is 1. The minimum absolute atomic E-state index is 0.140. The molecule has 0 aliphatic carbocycles. The lowest BCUT2D eigenvalue weighted by Gasteiger charge is -2.19. The molecule has 0 fully saturated rings. The van der Waals surface area contributed by atoms with Crippen molar-refractivity contribution in [3.05, 3.63) is 89.1 Å². The molecule has 27 heavy (non-hydrogen) atoms. The van der Waals surface area contributed by atoms with Crippen LogP contribution in [0.3, 0.4) is 0 Å². The number of aromatic nitrogens is 1. The van der Waals surface area contributed by atoms with Gasteiger partial charge < -0.3 is 27.1 Å². The number of Topliss-reactive ketones (excluding diaryl/α,β-unsaturated/α-hetero) is 1. The number of aliphatic hydroxyl groups excluding tert-OH is 1. The normalized spacial score (nSPS) is 12.7. The van der Waals surface area contributed by atoms with E-state index in [1.54, 1.807) is 71.8 Å². The first kappa shape index (κ1) is 19.2. The molecule has 0 saturated heterocycles. The van der Waals surface area contributed by atoms with Crippen LogP contribution in [0, 0.1) is 0 Å². The minimum Gasteiger partial charge on any atom is -0.758 e. The highest BCUT2D eigenvalue weighted by atomic mass is 35.5. The number of benzene rings is 1. The van der Waals surface area contributed by atoms with Crippen molar-refractivity contribution in [1.82, 2.24) is 0 Å². The third kappa shape index (κ3) is 4.80. The quantitative estimate of drug-likeness (QED) is 0.217. The number of halogens is 1. The third-order valence-corrected chi connectivity index (χ3v) is 4.55. The van der Waals surface area contributed by atoms with Gasteiger partial charge in [-0.15, -0.1) is 0 Å². The van der Waals surface area contributed by atoms with Crippen LogP contribution < -0.4 is 4.57 Å². The number of nitrogens with zero attached hydrogens (tertiary/aromatic N) is 2. The van der Waals surface area contributed by atoms with Gasteiger partial charge in [0.05, 0.1) is 19.4 Å². The lowest BCUT2D eigenvalue weighted by Crippen LogP contribution is -2.48. The van der Waals surface area contributed by atoms with Crippen LogP contribution in [0.4, 0.5) is 0 Å². The summed E-state index contributed by atoms with van der Waals surface area (Å²) in [5.41, 5.74) is 1.14. The number of hydrogen-bond acceptors (Lipinski definition) is 5. The molecule has 0 radical (unpaired) electrons. The second kappa shape index (κ2) is 8.90. The smallest absolute Gasteiger partial charge is 0.237 e. The first-order valence-electron chi connectivity index (χ1n) is 8.22. The van der Waals surface area contributed by atoms with Crippen LogP contribution in [0.5, 0.6) is 0 Å². The van der Waals surface area contributed by atoms with Gasteiger partial charge in [-0.05, 0) is 47.5 Å². The van der Waals surface area contributed by atoms with Gasteiger partial charge in [0, 0.05) is 22.2 Å². The van der Waals surface area contributed by atoms with Crippen LogP contribution >= 0.6 is 11.6 Å². The van der Waals surface area contributed by atoms with Crippen molar-refractivity contribution in [2.45, 2.75) is 19.2 Å². The van der Waals surface area contributed by atoms with E-state index in [-0.39, 0.29) is 24.0 Å². The Hall–Kier alpha value is -2.54. The molecule has 1 aromatic carbocycles. The molecule has 0 spiro atoms. The van der Waals surface area contributed by atoms with E-state index < -0.39 is 6.04 Å². The maximum absolute atomic E-state index is 13.2. The molecule has 0 amide bonds. The number of furan rings is 1. The topological polar surface area (TPSA) is 66.7 Å². The fourth-order valence-electron chi connectivity index (χ4n) is 2.59. The lowest BCUT2D eigenvalue weighted by atomic mass is 10.0. The zero-order valence-corrected chi connectivity index (χ0v) is 15.9. The highest BCUT2D eigenvalue weighted by molar-refractivity contribution is 7.77. The first-order chi connectivity index (χ1) is 13.1. The van der Waals surface area contributed by atoms with Crippen molar-refractivity contribution in [3.63, 3.8) is 0 Å². The van der Waals surface area contributed by atoms with Crippen molar-refractivity contribution in [1.29, 1.82) is 0 Å². The molecule has 2 heterocycles. The number of carbonyl (C=O) groups excluding carboxylic acids is 1. The van der Waals surface area contributed by atoms with E-state index in [1.807, 2.05) is 0 Å². The van der Waals surface area contributed by atoms with Gasteiger partial charge in [-0.1, -0.05) is 11.6 Å². The van der Waals surface area contributed by atoms with Crippen LogP contribution in [0.25, 0.3) is 0 Å². The van der Waals surface area contributed by atoms with Crippen molar-refractivity contribution < 1.29 is 18.9 Å². The zero-order valence-electron chi connectivity index (χ0n) is 14.3. The van der Waals surface area contributed by atoms with Gasteiger partial charge in [-0.25, -0.2) is 0 Å². The second-order valence-electron chi connectivity index (χ2n) is 5.83. The second-order valence-corrected chi connectivity index (χ2v) is 6.68. The number of ketones is 1. The number of carbonyl (C=O) groups is 1. The molecule has 2 aromatic heterocycles. The van der Waals surface area contributed by atoms with E-state index in [2.05, 4.69) is 4.99 Å². The summed E-state index contributed by atoms with van der Waals surface area (Å²) in [7, 11) is 0. The maximum atomic E-state index is 13.2. The number of rotatable bonds is 7. The summed E-state index contributed by atoms with van der Waals surface area (Å²) in [6.07, 6.45) is 4.98. The molecule has 0 saturated carbocycles. The van der Waals surface area contributed by atoms with E-state index in [1.165, 1.54) is 0 Å². The molecule has 0 aliphatic rings. The molecule has 0 aliphatic heterocycles. The lowest BCUT2D eigenvalue weighted by molar-refractivity contribution is -0.692. The van der Waals surface area contributed by atoms with Crippen molar-refractivity contribution in [3.8, 4) is 0 Å². The third-order valence-electron chi connectivity index (χ3n) is 3.95. The summed E-state index contributed by atoms with van der Waals surface area (Å²) in [5, 5.41) is 10.2. The highest BCUT2D eigenvalue weighted by Crippen LogP contribution is 2.16. The summed E-state index contributed by atoms with van der Waals surface area (Å²) in [4.78, 5) is 17.5. The summed E-state index contributed by atoms with van der Waals surface area (Å²) < 4.78 is 6.93. The Morgan fingerprint density at radius 3 is 2.67 bits per heavy atom. The Kier molecular flexibility index (Phi) is 6.34. The molecule has 1 atom stereocenters. The fraction of sp³-hybridized carbons (Fsp3) is 0.150. The van der Waals surface area contributed by atoms with Gasteiger partial charge in [0.15, 0.2) is 12.4 Å². The number of aliphatic imine (C=N–C) groups is 1. The molecule has 0 bridgehead atoms. The largest absolute Gasteiger partial charge is 0.758 e. The molecular formula is C20H17ClN2O3S. The maximum Gasteiger partial charge on any atom is 0.237 e. The zero-order chi connectivity index (χ0) is 19.2. The molecule has 0 unspecified atom stereocenters. The standard InChI is InChI=1S/C20H17ClN2O3S/c21-16-7-5-15(6-8-16)19(25)18(23-9-1-3-14(12-23)13-24)20(27)22-11-17-4-2-10-26-17/h1-10,12,18,24H,11,13H2/t18-/m0/s1. The predicted octanol–water partition coefficient (Wildman–Crippen LogP) is 3.28. The minimum atomic E-state index is -0.817. The average molecular weight is 401 g/mol. The van der Waals surface area contributed by atoms with Gasteiger partial charge in [0.2, 0.25) is 11.8 Å². The summed E-state index contributed by atoms with van der Waals surface area (Å²) >= 11 is 11.4. The average Bonchev–Trinajstić information content (AvgIpc) is 3.21. The Morgan fingerprint density at radius 2 is 2.00 bits per heavy atom. The summed E-state index contributed by atoms with van der Waals surface area (Å²) in [6.45, 7) is 0.107. The molecule has 1 N–H and O–H groups in total. The Morgan fingerprint density at radius 1 is 1.22 bits per heavy atom. The Bertz CT molecular complexity index is 940. The molecule has 7 heteroatoms. The Labute approximate surface area is 167 Å². The van der Waals surface area contributed by atoms with Gasteiger partial charge in [-0.3, -0.25) is 4.79 Å².